The van der Waals surface area contributed by atoms with E-state index >= 15 is 0 Å². The van der Waals surface area contributed by atoms with Crippen LogP contribution in [-0.2, 0) is 18.0 Å². The van der Waals surface area contributed by atoms with Gasteiger partial charge in [-0.15, -0.1) is 0 Å². The Balaban J connectivity index is 2.20. The van der Waals surface area contributed by atoms with Gasteiger partial charge in [-0.2, -0.15) is 10.4 Å². The molecule has 0 atom stereocenters. The van der Waals surface area contributed by atoms with Crippen LogP contribution in [0.4, 0.5) is 0 Å². The molecule has 1 aliphatic rings. The normalized spacial score (nSPS) is 13.4. The second kappa shape index (κ2) is 3.47. The van der Waals surface area contributed by atoms with Crippen molar-refractivity contribution in [3.05, 3.63) is 47.3 Å². The number of nitriles is 1. The molecule has 0 bridgehead atoms. The lowest BCUT2D eigenvalue weighted by Crippen LogP contribution is -2.03. The predicted octanol–water partition coefficient (Wildman–Crippen LogP) is 1.77. The van der Waals surface area contributed by atoms with Crippen LogP contribution in [0.25, 0.3) is 5.69 Å². The lowest BCUT2D eigenvalue weighted by Gasteiger charge is -2.06. The zero-order valence-electron chi connectivity index (χ0n) is 8.55. The molecular formula is C12H9N3O. The number of nitrogens with zero attached hydrogens (tertiary/aromatic N) is 3. The summed E-state index contributed by atoms with van der Waals surface area (Å²) >= 11 is 0. The maximum absolute atomic E-state index is 9.04. The highest BCUT2D eigenvalue weighted by Gasteiger charge is 2.19. The van der Waals surface area contributed by atoms with Crippen LogP contribution in [0, 0.1) is 11.3 Å². The number of hydrogen-bond acceptors (Lipinski definition) is 3. The van der Waals surface area contributed by atoms with E-state index in [1.165, 1.54) is 0 Å². The van der Waals surface area contributed by atoms with Crippen molar-refractivity contribution >= 4 is 0 Å². The van der Waals surface area contributed by atoms with Gasteiger partial charge < -0.3 is 4.74 Å². The quantitative estimate of drug-likeness (QED) is 0.722. The minimum Gasteiger partial charge on any atom is -0.370 e. The first kappa shape index (κ1) is 9.13. The summed E-state index contributed by atoms with van der Waals surface area (Å²) in [4.78, 5) is 0. The van der Waals surface area contributed by atoms with E-state index in [9.17, 15) is 0 Å². The van der Waals surface area contributed by atoms with E-state index in [1.807, 2.05) is 18.2 Å². The molecule has 16 heavy (non-hydrogen) atoms. The molecule has 0 amide bonds. The molecule has 78 valence electrons. The van der Waals surface area contributed by atoms with E-state index < -0.39 is 0 Å². The second-order valence-corrected chi connectivity index (χ2v) is 3.65. The molecule has 0 unspecified atom stereocenters. The van der Waals surface area contributed by atoms with Gasteiger partial charge in [0.2, 0.25) is 0 Å². The van der Waals surface area contributed by atoms with Crippen molar-refractivity contribution in [2.24, 2.45) is 0 Å². The van der Waals surface area contributed by atoms with E-state index in [4.69, 9.17) is 10.00 Å². The molecule has 0 fully saturated rings. The van der Waals surface area contributed by atoms with Gasteiger partial charge in [0.25, 0.3) is 0 Å². The number of fused-ring (bicyclic) bond motifs is 1. The number of rotatable bonds is 1. The van der Waals surface area contributed by atoms with Gasteiger partial charge in [-0.05, 0) is 12.1 Å². The standard InChI is InChI=1S/C12H9N3O/c13-5-9-3-1-2-4-11(9)15-12-8-16-7-10(12)6-14-15/h1-4,6H,7-8H2. The summed E-state index contributed by atoms with van der Waals surface area (Å²) in [7, 11) is 0. The lowest BCUT2D eigenvalue weighted by molar-refractivity contribution is 0.130. The molecule has 0 radical (unpaired) electrons. The summed E-state index contributed by atoms with van der Waals surface area (Å²) in [6.07, 6.45) is 1.80. The van der Waals surface area contributed by atoms with Gasteiger partial charge in [0, 0.05) is 5.56 Å². The first-order valence-electron chi connectivity index (χ1n) is 5.03. The fourth-order valence-corrected chi connectivity index (χ4v) is 1.90. The van der Waals surface area contributed by atoms with Crippen LogP contribution in [0.5, 0.6) is 0 Å². The number of ether oxygens (including phenoxy) is 1. The van der Waals surface area contributed by atoms with Crippen molar-refractivity contribution < 1.29 is 4.74 Å². The smallest absolute Gasteiger partial charge is 0.101 e. The SMILES string of the molecule is N#Cc1ccccc1-n1ncc2c1COC2. The van der Waals surface area contributed by atoms with Crippen molar-refractivity contribution in [3.63, 3.8) is 0 Å². The predicted molar refractivity (Wildman–Crippen MR) is 56.8 cm³/mol. The van der Waals surface area contributed by atoms with E-state index in [-0.39, 0.29) is 0 Å². The Bertz CT molecular complexity index is 580. The van der Waals surface area contributed by atoms with Crippen LogP contribution in [0.15, 0.2) is 30.5 Å². The topological polar surface area (TPSA) is 50.8 Å². The number of hydrogen-bond donors (Lipinski definition) is 0. The van der Waals surface area contributed by atoms with Gasteiger partial charge in [-0.3, -0.25) is 0 Å². The Kier molecular flexibility index (Phi) is 1.98. The molecular weight excluding hydrogens is 202 g/mol. The van der Waals surface area contributed by atoms with Crippen molar-refractivity contribution in [1.29, 1.82) is 5.26 Å². The van der Waals surface area contributed by atoms with Gasteiger partial charge >= 0.3 is 0 Å². The maximum Gasteiger partial charge on any atom is 0.101 e. The molecule has 3 rings (SSSR count). The second-order valence-electron chi connectivity index (χ2n) is 3.65. The van der Waals surface area contributed by atoms with E-state index in [2.05, 4.69) is 11.2 Å². The fourth-order valence-electron chi connectivity index (χ4n) is 1.90. The van der Waals surface area contributed by atoms with E-state index in [0.29, 0.717) is 18.8 Å². The number of benzene rings is 1. The molecule has 1 aromatic heterocycles. The summed E-state index contributed by atoms with van der Waals surface area (Å²) in [5.41, 5.74) is 3.59. The molecule has 0 saturated carbocycles. The summed E-state index contributed by atoms with van der Waals surface area (Å²) < 4.78 is 7.14. The molecule has 1 aliphatic heterocycles. The Labute approximate surface area is 92.7 Å². The van der Waals surface area contributed by atoms with Crippen molar-refractivity contribution in [2.75, 3.05) is 0 Å². The van der Waals surface area contributed by atoms with Crippen LogP contribution in [-0.4, -0.2) is 9.78 Å². The Morgan fingerprint density at radius 3 is 3.06 bits per heavy atom. The zero-order chi connectivity index (χ0) is 11.0. The summed E-state index contributed by atoms with van der Waals surface area (Å²) in [5.74, 6) is 0. The maximum atomic E-state index is 9.04. The molecule has 0 saturated heterocycles. The molecule has 0 N–H and O–H groups in total. The lowest BCUT2D eigenvalue weighted by atomic mass is 10.2. The molecule has 4 heteroatoms. The molecule has 2 heterocycles. The van der Waals surface area contributed by atoms with Crippen LogP contribution in [0.2, 0.25) is 0 Å². The third-order valence-corrected chi connectivity index (χ3v) is 2.70. The molecule has 2 aromatic rings. The van der Waals surface area contributed by atoms with Crippen molar-refractivity contribution in [2.45, 2.75) is 13.2 Å². The molecule has 4 nitrogen and oxygen atoms in total. The van der Waals surface area contributed by atoms with Gasteiger partial charge in [0.1, 0.15) is 6.07 Å². The van der Waals surface area contributed by atoms with Gasteiger partial charge in [-0.25, -0.2) is 4.68 Å². The van der Waals surface area contributed by atoms with Gasteiger partial charge in [-0.1, -0.05) is 12.1 Å². The summed E-state index contributed by atoms with van der Waals surface area (Å²) in [6.45, 7) is 1.18. The highest BCUT2D eigenvalue weighted by molar-refractivity contribution is 5.49. The highest BCUT2D eigenvalue weighted by Crippen LogP contribution is 2.23. The third-order valence-electron chi connectivity index (χ3n) is 2.70. The minimum absolute atomic E-state index is 0.565. The number of aromatic nitrogens is 2. The fraction of sp³-hybridized carbons (Fsp3) is 0.167. The average Bonchev–Trinajstić information content (AvgIpc) is 2.91. The van der Waals surface area contributed by atoms with Crippen molar-refractivity contribution in [1.82, 2.24) is 9.78 Å². The molecule has 0 aliphatic carbocycles. The first-order chi connectivity index (χ1) is 7.90. The van der Waals surface area contributed by atoms with E-state index in [0.717, 1.165) is 16.9 Å². The highest BCUT2D eigenvalue weighted by atomic mass is 16.5. The van der Waals surface area contributed by atoms with Crippen LogP contribution in [0.3, 0.4) is 0 Å². The van der Waals surface area contributed by atoms with Crippen molar-refractivity contribution in [3.8, 4) is 11.8 Å². The average molecular weight is 211 g/mol. The van der Waals surface area contributed by atoms with Crippen LogP contribution in [0.1, 0.15) is 16.8 Å². The third kappa shape index (κ3) is 1.23. The largest absolute Gasteiger partial charge is 0.370 e. The molecule has 0 spiro atoms. The van der Waals surface area contributed by atoms with Crippen LogP contribution < -0.4 is 0 Å². The minimum atomic E-state index is 0.565. The number of para-hydroxylation sites is 1. The van der Waals surface area contributed by atoms with Gasteiger partial charge in [0.05, 0.1) is 36.4 Å². The Morgan fingerprint density at radius 2 is 2.19 bits per heavy atom. The summed E-state index contributed by atoms with van der Waals surface area (Å²) in [6, 6.07) is 9.61. The molecule has 1 aromatic carbocycles. The van der Waals surface area contributed by atoms with Gasteiger partial charge in [0.15, 0.2) is 0 Å². The summed E-state index contributed by atoms with van der Waals surface area (Å²) in [5, 5.41) is 13.3. The first-order valence-corrected chi connectivity index (χ1v) is 5.03. The zero-order valence-corrected chi connectivity index (χ0v) is 8.55. The Hall–Kier alpha value is -2.12. The van der Waals surface area contributed by atoms with Crippen LogP contribution >= 0.6 is 0 Å². The van der Waals surface area contributed by atoms with E-state index in [1.54, 1.807) is 16.9 Å². The Morgan fingerprint density at radius 1 is 1.31 bits per heavy atom. The monoisotopic (exact) mass is 211 g/mol.